The number of nitrogens with one attached hydrogen (secondary N) is 1. The van der Waals surface area contributed by atoms with Crippen molar-refractivity contribution in [2.75, 3.05) is 29.9 Å². The fourth-order valence-electron chi connectivity index (χ4n) is 4.30. The highest BCUT2D eigenvalue weighted by atomic mass is 19.4. The number of hydrogen-bond donors (Lipinski definition) is 1. The van der Waals surface area contributed by atoms with Gasteiger partial charge in [-0.15, -0.1) is 5.10 Å². The summed E-state index contributed by atoms with van der Waals surface area (Å²) in [5.74, 6) is 0.310. The topological polar surface area (TPSA) is 67.6 Å². The van der Waals surface area contributed by atoms with Gasteiger partial charge >= 0.3 is 12.4 Å². The number of aromatic nitrogens is 4. The number of ether oxygens (including phenoxy) is 1. The van der Waals surface area contributed by atoms with Gasteiger partial charge in [0.25, 0.3) is 0 Å². The second kappa shape index (κ2) is 9.78. The molecule has 35 heavy (non-hydrogen) atoms. The van der Waals surface area contributed by atoms with E-state index in [2.05, 4.69) is 20.4 Å². The first-order valence-electron chi connectivity index (χ1n) is 11.1. The Morgan fingerprint density at radius 2 is 1.97 bits per heavy atom. The molecule has 0 bridgehead atoms. The molecule has 1 fully saturated rings. The van der Waals surface area contributed by atoms with Crippen LogP contribution in [0.2, 0.25) is 0 Å². The highest BCUT2D eigenvalue weighted by Gasteiger charge is 2.34. The van der Waals surface area contributed by atoms with Crippen LogP contribution in [0.15, 0.2) is 36.7 Å². The molecule has 0 saturated heterocycles. The Hall–Kier alpha value is -3.25. The van der Waals surface area contributed by atoms with Gasteiger partial charge in [-0.1, -0.05) is 6.42 Å². The SMILES string of the molecule is CCN(C[C@@H]1CCC[C@H]1Nc1nc2c(OCC(F)(F)F)cccn2n1)c1ccnc(C(F)(F)F)c1. The normalized spacial score (nSPS) is 18.7. The molecule has 0 spiro atoms. The number of rotatable bonds is 8. The molecule has 3 aromatic heterocycles. The van der Waals surface area contributed by atoms with Gasteiger partial charge in [0.2, 0.25) is 5.95 Å². The summed E-state index contributed by atoms with van der Waals surface area (Å²) >= 11 is 0. The van der Waals surface area contributed by atoms with E-state index in [-0.39, 0.29) is 29.3 Å². The lowest BCUT2D eigenvalue weighted by Gasteiger charge is -2.30. The molecule has 7 nitrogen and oxygen atoms in total. The Morgan fingerprint density at radius 1 is 1.17 bits per heavy atom. The van der Waals surface area contributed by atoms with Gasteiger partial charge in [0, 0.05) is 37.2 Å². The molecule has 3 aromatic rings. The van der Waals surface area contributed by atoms with Crippen LogP contribution in [0.5, 0.6) is 5.75 Å². The minimum Gasteiger partial charge on any atom is -0.480 e. The molecule has 0 aliphatic heterocycles. The van der Waals surface area contributed by atoms with Crippen LogP contribution in [0.4, 0.5) is 38.0 Å². The zero-order valence-corrected chi connectivity index (χ0v) is 18.8. The van der Waals surface area contributed by atoms with Crippen molar-refractivity contribution in [3.05, 3.63) is 42.4 Å². The van der Waals surface area contributed by atoms with Gasteiger partial charge in [0.05, 0.1) is 0 Å². The minimum absolute atomic E-state index is 0.0383. The van der Waals surface area contributed by atoms with Crippen molar-refractivity contribution in [1.82, 2.24) is 19.6 Å². The summed E-state index contributed by atoms with van der Waals surface area (Å²) in [6.07, 6.45) is -3.71. The zero-order chi connectivity index (χ0) is 25.2. The first-order chi connectivity index (χ1) is 16.5. The molecular weight excluding hydrogens is 478 g/mol. The molecule has 0 unspecified atom stereocenters. The molecule has 0 aromatic carbocycles. The summed E-state index contributed by atoms with van der Waals surface area (Å²) in [5.41, 5.74) is -0.342. The molecule has 0 amide bonds. The van der Waals surface area contributed by atoms with Crippen LogP contribution < -0.4 is 15.0 Å². The fraction of sp³-hybridized carbons (Fsp3) is 0.500. The number of hydrogen-bond acceptors (Lipinski definition) is 6. The molecule has 2 atom stereocenters. The summed E-state index contributed by atoms with van der Waals surface area (Å²) in [5, 5.41) is 7.55. The summed E-state index contributed by atoms with van der Waals surface area (Å²) in [6, 6.07) is 5.46. The Balaban J connectivity index is 1.47. The third kappa shape index (κ3) is 6.06. The van der Waals surface area contributed by atoms with Crippen molar-refractivity contribution in [3.63, 3.8) is 0 Å². The van der Waals surface area contributed by atoms with Gasteiger partial charge in [-0.25, -0.2) is 4.52 Å². The quantitative estimate of drug-likeness (QED) is 0.428. The van der Waals surface area contributed by atoms with Gasteiger partial charge in [-0.2, -0.15) is 31.3 Å². The van der Waals surface area contributed by atoms with E-state index in [0.29, 0.717) is 18.8 Å². The number of anilines is 2. The van der Waals surface area contributed by atoms with E-state index < -0.39 is 24.7 Å². The fourth-order valence-corrected chi connectivity index (χ4v) is 4.30. The third-order valence-electron chi connectivity index (χ3n) is 5.93. The highest BCUT2D eigenvalue weighted by Crippen LogP contribution is 2.33. The Bertz CT molecular complexity index is 1150. The van der Waals surface area contributed by atoms with Gasteiger partial charge in [0.1, 0.15) is 5.69 Å². The Kier molecular flexibility index (Phi) is 6.95. The lowest BCUT2D eigenvalue weighted by Crippen LogP contribution is -2.36. The summed E-state index contributed by atoms with van der Waals surface area (Å²) in [4.78, 5) is 9.61. The van der Waals surface area contributed by atoms with Crippen LogP contribution in [0, 0.1) is 5.92 Å². The molecule has 3 heterocycles. The Labute approximate surface area is 197 Å². The summed E-state index contributed by atoms with van der Waals surface area (Å²) < 4.78 is 83.2. The van der Waals surface area contributed by atoms with Crippen LogP contribution in [0.1, 0.15) is 31.9 Å². The third-order valence-corrected chi connectivity index (χ3v) is 5.93. The number of alkyl halides is 6. The second-order valence-corrected chi connectivity index (χ2v) is 8.36. The van der Waals surface area contributed by atoms with Gasteiger partial charge in [-0.3, -0.25) is 4.98 Å². The van der Waals surface area contributed by atoms with Crippen molar-refractivity contribution < 1.29 is 31.1 Å². The van der Waals surface area contributed by atoms with E-state index >= 15 is 0 Å². The van der Waals surface area contributed by atoms with E-state index in [9.17, 15) is 26.3 Å². The molecule has 1 saturated carbocycles. The number of fused-ring (bicyclic) bond motifs is 1. The monoisotopic (exact) mass is 502 g/mol. The lowest BCUT2D eigenvalue weighted by atomic mass is 10.0. The molecule has 13 heteroatoms. The molecule has 0 radical (unpaired) electrons. The number of halogens is 6. The Morgan fingerprint density at radius 3 is 2.69 bits per heavy atom. The van der Waals surface area contributed by atoms with Crippen molar-refractivity contribution >= 4 is 17.3 Å². The maximum atomic E-state index is 13.1. The highest BCUT2D eigenvalue weighted by molar-refractivity contribution is 5.56. The molecule has 4 rings (SSSR count). The summed E-state index contributed by atoms with van der Waals surface area (Å²) in [6.45, 7) is 1.46. The minimum atomic E-state index is -4.52. The van der Waals surface area contributed by atoms with Crippen LogP contribution >= 0.6 is 0 Å². The van der Waals surface area contributed by atoms with Crippen LogP contribution in [0.25, 0.3) is 5.65 Å². The number of pyridine rings is 2. The van der Waals surface area contributed by atoms with Gasteiger partial charge in [0.15, 0.2) is 18.0 Å². The van der Waals surface area contributed by atoms with Crippen LogP contribution in [-0.2, 0) is 6.18 Å². The van der Waals surface area contributed by atoms with E-state index in [4.69, 9.17) is 4.74 Å². The first kappa shape index (κ1) is 24.9. The lowest BCUT2D eigenvalue weighted by molar-refractivity contribution is -0.153. The van der Waals surface area contributed by atoms with Gasteiger partial charge < -0.3 is 15.0 Å². The predicted molar refractivity (Wildman–Crippen MR) is 116 cm³/mol. The standard InChI is InChI=1S/C22H24F6N6O/c1-2-33(15-8-9-29-18(11-15)22(26,27)28)12-14-5-3-6-16(14)30-20-31-19-17(35-13-21(23,24)25)7-4-10-34(19)32-20/h4,7-11,14,16H,2-3,5-6,12-13H2,1H3,(H,30,32)/t14-,16+/m0/s1. The first-order valence-corrected chi connectivity index (χ1v) is 11.1. The van der Waals surface area contributed by atoms with Crippen molar-refractivity contribution in [2.24, 2.45) is 5.92 Å². The predicted octanol–water partition coefficient (Wildman–Crippen LogP) is 5.19. The smallest absolute Gasteiger partial charge is 0.433 e. The molecule has 190 valence electrons. The van der Waals surface area contributed by atoms with Crippen molar-refractivity contribution in [2.45, 2.75) is 44.6 Å². The maximum absolute atomic E-state index is 13.1. The molecular formula is C22H24F6N6O. The van der Waals surface area contributed by atoms with E-state index in [1.54, 1.807) is 12.3 Å². The van der Waals surface area contributed by atoms with E-state index in [1.807, 2.05) is 11.8 Å². The summed E-state index contributed by atoms with van der Waals surface area (Å²) in [7, 11) is 0. The second-order valence-electron chi connectivity index (χ2n) is 8.36. The van der Waals surface area contributed by atoms with Gasteiger partial charge in [-0.05, 0) is 49.9 Å². The largest absolute Gasteiger partial charge is 0.480 e. The molecule has 1 aliphatic rings. The van der Waals surface area contributed by atoms with E-state index in [0.717, 1.165) is 31.5 Å². The maximum Gasteiger partial charge on any atom is 0.433 e. The van der Waals surface area contributed by atoms with Crippen LogP contribution in [-0.4, -0.2) is 51.5 Å². The van der Waals surface area contributed by atoms with Crippen LogP contribution in [0.3, 0.4) is 0 Å². The molecule has 1 aliphatic carbocycles. The van der Waals surface area contributed by atoms with Crippen molar-refractivity contribution in [3.8, 4) is 5.75 Å². The molecule has 1 N–H and O–H groups in total. The number of nitrogens with zero attached hydrogens (tertiary/aromatic N) is 5. The zero-order valence-electron chi connectivity index (χ0n) is 18.8. The average Bonchev–Trinajstić information content (AvgIpc) is 3.41. The average molecular weight is 502 g/mol. The van der Waals surface area contributed by atoms with Crippen molar-refractivity contribution in [1.29, 1.82) is 0 Å². The van der Waals surface area contributed by atoms with E-state index in [1.165, 1.54) is 16.6 Å².